The van der Waals surface area contributed by atoms with Gasteiger partial charge in [0.05, 0.1) is 45.2 Å². The van der Waals surface area contributed by atoms with Crippen LogP contribution < -0.4 is 29.1 Å². The molecule has 0 radical (unpaired) electrons. The van der Waals surface area contributed by atoms with Crippen molar-refractivity contribution < 1.29 is 28.1 Å². The molecule has 8 nitrogen and oxygen atoms in total. The van der Waals surface area contributed by atoms with E-state index in [4.69, 9.17) is 18.9 Å². The molecule has 0 saturated carbocycles. The van der Waals surface area contributed by atoms with E-state index in [0.717, 1.165) is 13.6 Å². The van der Waals surface area contributed by atoms with E-state index in [1.165, 1.54) is 28.0 Å². The van der Waals surface area contributed by atoms with Crippen LogP contribution in [0, 0.1) is 9.39 Å². The number of ether oxygens (including phenoxy) is 4. The Kier molecular flexibility index (Phi) is 10.7. The van der Waals surface area contributed by atoms with Gasteiger partial charge in [0.2, 0.25) is 0 Å². The Morgan fingerprint density at radius 1 is 1.15 bits per heavy atom. The molecule has 46 heavy (non-hydrogen) atoms. The number of carbonyl (C=O) groups excluding carboxylic acids is 1. The molecule has 5 rings (SSSR count). The highest BCUT2D eigenvalue weighted by molar-refractivity contribution is 14.1. The highest BCUT2D eigenvalue weighted by Crippen LogP contribution is 2.37. The first-order chi connectivity index (χ1) is 22.0. The molecule has 0 aliphatic carbocycles. The van der Waals surface area contributed by atoms with Crippen molar-refractivity contribution in [1.29, 1.82) is 0 Å². The lowest BCUT2D eigenvalue weighted by Crippen LogP contribution is -2.40. The fraction of sp³-hybridized carbons (Fsp3) is 0.265. The summed E-state index contributed by atoms with van der Waals surface area (Å²) in [5.41, 5.74) is 2.49. The summed E-state index contributed by atoms with van der Waals surface area (Å²) < 4.78 is 40.2. The zero-order valence-corrected chi connectivity index (χ0v) is 30.3. The summed E-state index contributed by atoms with van der Waals surface area (Å²) in [6.07, 6.45) is 1.68. The number of esters is 1. The first-order valence-electron chi connectivity index (χ1n) is 14.4. The molecule has 0 amide bonds. The molecule has 1 aliphatic heterocycles. The van der Waals surface area contributed by atoms with Crippen molar-refractivity contribution in [3.05, 3.63) is 116 Å². The second-order valence-corrected chi connectivity index (χ2v) is 13.7. The molecular weight excluding hydrogens is 790 g/mol. The maximum atomic E-state index is 14.3. The number of aromatic nitrogens is 1. The van der Waals surface area contributed by atoms with Crippen molar-refractivity contribution in [2.75, 3.05) is 13.7 Å². The van der Waals surface area contributed by atoms with Crippen LogP contribution in [0.15, 0.2) is 80.1 Å². The van der Waals surface area contributed by atoms with Gasteiger partial charge in [-0.15, -0.1) is 0 Å². The highest BCUT2D eigenvalue weighted by Gasteiger charge is 2.34. The van der Waals surface area contributed by atoms with Crippen LogP contribution in [0.3, 0.4) is 0 Å². The maximum Gasteiger partial charge on any atom is 0.338 e. The van der Waals surface area contributed by atoms with Crippen molar-refractivity contribution in [3.8, 4) is 17.2 Å². The minimum Gasteiger partial charge on any atom is -0.493 e. The van der Waals surface area contributed by atoms with Crippen LogP contribution in [0.1, 0.15) is 50.4 Å². The molecule has 1 atom stereocenters. The SMILES string of the molecule is CCOC(=O)C1=C(C)N=c2s/c(=C/c3cc(Br)cc(I)c3OCc3ccc(F)cc3)c(=O)n2[C@H]1c1ccc(OC(C)C)c(OC)c1. The average molecular weight is 822 g/mol. The largest absolute Gasteiger partial charge is 0.493 e. The van der Waals surface area contributed by atoms with Gasteiger partial charge < -0.3 is 18.9 Å². The standard InChI is InChI=1S/C34H31BrFIN2O6S/c1-6-43-33(41)29-19(4)38-34-39(30(29)21-9-12-26(45-18(2)3)27(14-21)42-5)32(40)28(46-34)15-22-13-23(35)16-25(37)31(22)44-17-20-7-10-24(36)11-8-20/h7-16,18,30H,6,17H2,1-5H3/b28-15+/t30-/m0/s1. The van der Waals surface area contributed by atoms with Crippen LogP contribution in [0.2, 0.25) is 0 Å². The number of carbonyl (C=O) groups is 1. The number of rotatable bonds is 10. The van der Waals surface area contributed by atoms with Crippen molar-refractivity contribution >= 4 is 61.9 Å². The zero-order chi connectivity index (χ0) is 33.1. The Bertz CT molecular complexity index is 2010. The molecule has 1 aliphatic rings. The first-order valence-corrected chi connectivity index (χ1v) is 17.1. The fourth-order valence-electron chi connectivity index (χ4n) is 5.03. The van der Waals surface area contributed by atoms with Crippen molar-refractivity contribution in [2.45, 2.75) is 46.4 Å². The topological polar surface area (TPSA) is 88.4 Å². The van der Waals surface area contributed by atoms with Crippen LogP contribution in [-0.4, -0.2) is 30.4 Å². The molecule has 3 aromatic carbocycles. The van der Waals surface area contributed by atoms with Gasteiger partial charge in [0.1, 0.15) is 18.2 Å². The van der Waals surface area contributed by atoms with Gasteiger partial charge in [-0.3, -0.25) is 9.36 Å². The summed E-state index contributed by atoms with van der Waals surface area (Å²) in [5.74, 6) is 0.713. The number of allylic oxidation sites excluding steroid dienone is 1. The van der Waals surface area contributed by atoms with Gasteiger partial charge in [-0.1, -0.05) is 45.5 Å². The van der Waals surface area contributed by atoms with E-state index in [1.54, 1.807) is 51.3 Å². The smallest absolute Gasteiger partial charge is 0.338 e. The van der Waals surface area contributed by atoms with Crippen molar-refractivity contribution in [2.24, 2.45) is 4.99 Å². The molecule has 1 aromatic heterocycles. The van der Waals surface area contributed by atoms with Crippen LogP contribution in [0.4, 0.5) is 4.39 Å². The summed E-state index contributed by atoms with van der Waals surface area (Å²) in [7, 11) is 1.54. The molecule has 240 valence electrons. The predicted octanol–water partition coefficient (Wildman–Crippen LogP) is 6.68. The zero-order valence-electron chi connectivity index (χ0n) is 25.7. The minimum absolute atomic E-state index is 0.0831. The third-order valence-electron chi connectivity index (χ3n) is 7.00. The average Bonchev–Trinajstić information content (AvgIpc) is 3.30. The van der Waals surface area contributed by atoms with Gasteiger partial charge in [0.25, 0.3) is 5.56 Å². The lowest BCUT2D eigenvalue weighted by atomic mass is 9.95. The molecule has 0 bridgehead atoms. The Morgan fingerprint density at radius 2 is 1.89 bits per heavy atom. The van der Waals surface area contributed by atoms with E-state index in [9.17, 15) is 14.0 Å². The number of hydrogen-bond donors (Lipinski definition) is 0. The molecule has 0 N–H and O–H groups in total. The Morgan fingerprint density at radius 3 is 2.57 bits per heavy atom. The number of hydrogen-bond acceptors (Lipinski definition) is 8. The van der Waals surface area contributed by atoms with E-state index < -0.39 is 12.0 Å². The molecule has 0 unspecified atom stereocenters. The lowest BCUT2D eigenvalue weighted by molar-refractivity contribution is -0.139. The first kappa shape index (κ1) is 33.9. The number of benzene rings is 3. The van der Waals surface area contributed by atoms with E-state index in [-0.39, 0.29) is 36.3 Å². The second-order valence-electron chi connectivity index (χ2n) is 10.6. The Balaban J connectivity index is 1.66. The number of fused-ring (bicyclic) bond motifs is 1. The van der Waals surface area contributed by atoms with Gasteiger partial charge in [-0.2, -0.15) is 0 Å². The summed E-state index contributed by atoms with van der Waals surface area (Å²) in [6.45, 7) is 7.68. The maximum absolute atomic E-state index is 14.3. The summed E-state index contributed by atoms with van der Waals surface area (Å²) in [5, 5.41) is 0. The highest BCUT2D eigenvalue weighted by atomic mass is 127. The van der Waals surface area contributed by atoms with Crippen LogP contribution in [0.5, 0.6) is 17.2 Å². The molecule has 0 spiro atoms. The molecular formula is C34H31BrFIN2O6S. The molecule has 4 aromatic rings. The minimum atomic E-state index is -0.823. The number of nitrogens with zero attached hydrogens (tertiary/aromatic N) is 2. The third kappa shape index (κ3) is 7.23. The monoisotopic (exact) mass is 820 g/mol. The van der Waals surface area contributed by atoms with Gasteiger partial charge in [0.15, 0.2) is 16.3 Å². The van der Waals surface area contributed by atoms with Crippen molar-refractivity contribution in [1.82, 2.24) is 4.57 Å². The van der Waals surface area contributed by atoms with Crippen LogP contribution >= 0.6 is 49.9 Å². The summed E-state index contributed by atoms with van der Waals surface area (Å²) >= 11 is 6.96. The third-order valence-corrected chi connectivity index (χ3v) is 9.25. The summed E-state index contributed by atoms with van der Waals surface area (Å²) in [6, 6.07) is 14.4. The number of halogens is 3. The van der Waals surface area contributed by atoms with E-state index >= 15 is 0 Å². The molecule has 0 saturated heterocycles. The second kappa shape index (κ2) is 14.5. The van der Waals surface area contributed by atoms with E-state index in [2.05, 4.69) is 43.5 Å². The Hall–Kier alpha value is -3.49. The molecule has 12 heteroatoms. The van der Waals surface area contributed by atoms with Crippen molar-refractivity contribution in [3.63, 3.8) is 0 Å². The van der Waals surface area contributed by atoms with Gasteiger partial charge in [-0.25, -0.2) is 14.2 Å². The number of methoxy groups -OCH3 is 1. The van der Waals surface area contributed by atoms with E-state index in [0.29, 0.717) is 43.4 Å². The lowest BCUT2D eigenvalue weighted by Gasteiger charge is -2.25. The summed E-state index contributed by atoms with van der Waals surface area (Å²) in [4.78, 5) is 32.7. The van der Waals surface area contributed by atoms with E-state index in [1.807, 2.05) is 32.0 Å². The fourth-order valence-corrected chi connectivity index (χ4v) is 7.77. The normalized spacial score (nSPS) is 14.6. The van der Waals surface area contributed by atoms with Crippen LogP contribution in [-0.2, 0) is 16.1 Å². The number of thiazole rings is 1. The molecule has 0 fully saturated rings. The quantitative estimate of drug-likeness (QED) is 0.131. The van der Waals surface area contributed by atoms with Crippen LogP contribution in [0.25, 0.3) is 6.08 Å². The predicted molar refractivity (Wildman–Crippen MR) is 187 cm³/mol. The van der Waals surface area contributed by atoms with Gasteiger partial charge in [0, 0.05) is 10.0 Å². The molecule has 2 heterocycles. The van der Waals surface area contributed by atoms with Gasteiger partial charge in [-0.05, 0) is 104 Å². The Labute approximate surface area is 291 Å². The van der Waals surface area contributed by atoms with Gasteiger partial charge >= 0.3 is 5.97 Å².